The summed E-state index contributed by atoms with van der Waals surface area (Å²) in [7, 11) is 0. The van der Waals surface area contributed by atoms with Crippen LogP contribution in [0.15, 0.2) is 23.3 Å². The zero-order valence-electron chi connectivity index (χ0n) is 12.1. The molecule has 2 rings (SSSR count). The van der Waals surface area contributed by atoms with E-state index in [1.165, 1.54) is 5.56 Å². The van der Waals surface area contributed by atoms with Gasteiger partial charge in [-0.25, -0.2) is 5.43 Å². The van der Waals surface area contributed by atoms with Crippen LogP contribution < -0.4 is 5.43 Å². The van der Waals surface area contributed by atoms with E-state index in [2.05, 4.69) is 39.8 Å². The molecule has 1 aromatic carbocycles. The molecule has 104 valence electrons. The molecule has 0 fully saturated rings. The predicted octanol–water partition coefficient (Wildman–Crippen LogP) is 2.41. The smallest absolute Gasteiger partial charge is 0.282 e. The number of benzene rings is 1. The third-order valence-corrected chi connectivity index (χ3v) is 3.04. The molecule has 2 aromatic rings. The highest BCUT2D eigenvalue weighted by Gasteiger charge is 2.07. The molecule has 5 heteroatoms. The highest BCUT2D eigenvalue weighted by Crippen LogP contribution is 2.14. The number of rotatable bonds is 3. The monoisotopic (exact) mass is 270 g/mol. The minimum Gasteiger partial charge on any atom is -0.282 e. The number of hydrogen-bond acceptors (Lipinski definition) is 3. The van der Waals surface area contributed by atoms with Crippen molar-refractivity contribution in [3.8, 4) is 0 Å². The van der Waals surface area contributed by atoms with Crippen molar-refractivity contribution in [3.63, 3.8) is 0 Å². The highest BCUT2D eigenvalue weighted by molar-refractivity contribution is 5.93. The van der Waals surface area contributed by atoms with Gasteiger partial charge >= 0.3 is 0 Å². The van der Waals surface area contributed by atoms with Gasteiger partial charge in [0.05, 0.1) is 6.21 Å². The van der Waals surface area contributed by atoms with Crippen molar-refractivity contribution in [3.05, 3.63) is 51.8 Å². The van der Waals surface area contributed by atoms with Gasteiger partial charge in [-0.15, -0.1) is 0 Å². The summed E-state index contributed by atoms with van der Waals surface area (Å²) < 4.78 is 0. The molecule has 0 bridgehead atoms. The van der Waals surface area contributed by atoms with E-state index in [0.29, 0.717) is 5.69 Å². The Morgan fingerprint density at radius 3 is 2.40 bits per heavy atom. The molecule has 1 aromatic heterocycles. The molecular weight excluding hydrogens is 252 g/mol. The largest absolute Gasteiger partial charge is 0.291 e. The topological polar surface area (TPSA) is 70.1 Å². The predicted molar refractivity (Wildman–Crippen MR) is 79.0 cm³/mol. The van der Waals surface area contributed by atoms with Gasteiger partial charge in [-0.2, -0.15) is 10.2 Å². The molecule has 5 nitrogen and oxygen atoms in total. The van der Waals surface area contributed by atoms with Crippen LogP contribution in [0.2, 0.25) is 0 Å². The fourth-order valence-corrected chi connectivity index (χ4v) is 2.14. The number of hydrogen-bond donors (Lipinski definition) is 2. The lowest BCUT2D eigenvalue weighted by molar-refractivity contribution is 0.0950. The van der Waals surface area contributed by atoms with Gasteiger partial charge in [0.2, 0.25) is 0 Å². The summed E-state index contributed by atoms with van der Waals surface area (Å²) in [5, 5.41) is 10.6. The van der Waals surface area contributed by atoms with Crippen LogP contribution in [0.5, 0.6) is 0 Å². The number of nitrogens with zero attached hydrogens (tertiary/aromatic N) is 2. The molecule has 2 N–H and O–H groups in total. The van der Waals surface area contributed by atoms with Crippen molar-refractivity contribution in [1.82, 2.24) is 15.6 Å². The van der Waals surface area contributed by atoms with Crippen molar-refractivity contribution >= 4 is 12.1 Å². The fourth-order valence-electron chi connectivity index (χ4n) is 2.14. The van der Waals surface area contributed by atoms with Crippen LogP contribution in [0.25, 0.3) is 0 Å². The maximum absolute atomic E-state index is 11.8. The molecular formula is C15H18N4O. The third-order valence-electron chi connectivity index (χ3n) is 3.04. The summed E-state index contributed by atoms with van der Waals surface area (Å²) in [6.07, 6.45) is 1.67. The second-order valence-electron chi connectivity index (χ2n) is 4.95. The second-order valence-corrected chi connectivity index (χ2v) is 4.95. The van der Waals surface area contributed by atoms with Gasteiger partial charge in [0.1, 0.15) is 0 Å². The maximum Gasteiger partial charge on any atom is 0.291 e. The molecule has 0 atom stereocenters. The summed E-state index contributed by atoms with van der Waals surface area (Å²) in [5.41, 5.74) is 8.15. The van der Waals surface area contributed by atoms with Crippen molar-refractivity contribution in [1.29, 1.82) is 0 Å². The summed E-state index contributed by atoms with van der Waals surface area (Å²) in [6.45, 7) is 7.95. The number of H-pyrrole nitrogens is 1. The highest BCUT2D eigenvalue weighted by atomic mass is 16.2. The Balaban J connectivity index is 2.09. The number of aromatic amines is 1. The van der Waals surface area contributed by atoms with Crippen molar-refractivity contribution in [2.75, 3.05) is 0 Å². The Kier molecular flexibility index (Phi) is 3.98. The molecule has 0 unspecified atom stereocenters. The molecule has 0 radical (unpaired) electrons. The number of nitrogens with one attached hydrogen (secondary N) is 2. The number of amides is 1. The number of aryl methyl sites for hydroxylation is 4. The Hall–Kier alpha value is -2.43. The zero-order chi connectivity index (χ0) is 14.7. The van der Waals surface area contributed by atoms with Crippen molar-refractivity contribution < 1.29 is 4.79 Å². The molecule has 20 heavy (non-hydrogen) atoms. The van der Waals surface area contributed by atoms with E-state index in [-0.39, 0.29) is 5.91 Å². The lowest BCUT2D eigenvalue weighted by atomic mass is 10.0. The molecule has 1 heterocycles. The molecule has 0 aliphatic heterocycles. The van der Waals surface area contributed by atoms with E-state index in [0.717, 1.165) is 22.4 Å². The van der Waals surface area contributed by atoms with Gasteiger partial charge < -0.3 is 0 Å². The molecule has 1 amide bonds. The summed E-state index contributed by atoms with van der Waals surface area (Å²) >= 11 is 0. The molecule has 0 aliphatic rings. The average Bonchev–Trinajstić information content (AvgIpc) is 2.79. The van der Waals surface area contributed by atoms with Gasteiger partial charge in [0, 0.05) is 11.3 Å². The molecule has 0 saturated carbocycles. The summed E-state index contributed by atoms with van der Waals surface area (Å²) in [6, 6.07) is 5.85. The maximum atomic E-state index is 11.8. The third kappa shape index (κ3) is 3.12. The zero-order valence-corrected chi connectivity index (χ0v) is 12.1. The van der Waals surface area contributed by atoms with Crippen LogP contribution in [0, 0.1) is 27.7 Å². The number of carbonyl (C=O) groups is 1. The van der Waals surface area contributed by atoms with Crippen molar-refractivity contribution in [2.45, 2.75) is 27.7 Å². The molecule has 0 spiro atoms. The van der Waals surface area contributed by atoms with Crippen molar-refractivity contribution in [2.24, 2.45) is 5.10 Å². The van der Waals surface area contributed by atoms with Gasteiger partial charge in [-0.05, 0) is 44.9 Å². The van der Waals surface area contributed by atoms with E-state index in [1.807, 2.05) is 20.8 Å². The van der Waals surface area contributed by atoms with Gasteiger partial charge in [0.15, 0.2) is 5.69 Å². The van der Waals surface area contributed by atoms with Crippen LogP contribution in [-0.4, -0.2) is 22.3 Å². The first-order valence-corrected chi connectivity index (χ1v) is 6.40. The first-order chi connectivity index (χ1) is 9.47. The van der Waals surface area contributed by atoms with E-state index in [4.69, 9.17) is 0 Å². The minimum absolute atomic E-state index is 0.326. The number of hydrazone groups is 1. The SMILES string of the molecule is Cc1cc(C)c(/C=N/NC(=O)c2cc(C)[nH]n2)c(C)c1. The standard InChI is InChI=1S/C15H18N4O/c1-9-5-10(2)13(11(3)6-9)8-16-19-15(20)14-7-12(4)17-18-14/h5-8H,1-4H3,(H,17,18)(H,19,20)/b16-8+. The lowest BCUT2D eigenvalue weighted by Gasteiger charge is -2.06. The lowest BCUT2D eigenvalue weighted by Crippen LogP contribution is -2.18. The Bertz CT molecular complexity index is 647. The van der Waals surface area contributed by atoms with E-state index >= 15 is 0 Å². The summed E-state index contributed by atoms with van der Waals surface area (Å²) in [5.74, 6) is -0.326. The average molecular weight is 270 g/mol. The quantitative estimate of drug-likeness (QED) is 0.664. The fraction of sp³-hybridized carbons (Fsp3) is 0.267. The van der Waals surface area contributed by atoms with Gasteiger partial charge in [-0.3, -0.25) is 9.89 Å². The number of carbonyl (C=O) groups excluding carboxylic acids is 1. The van der Waals surface area contributed by atoms with Crippen LogP contribution >= 0.6 is 0 Å². The van der Waals surface area contributed by atoms with Gasteiger partial charge in [0.25, 0.3) is 5.91 Å². The van der Waals surface area contributed by atoms with E-state index in [1.54, 1.807) is 12.3 Å². The molecule has 0 aliphatic carbocycles. The Labute approximate surface area is 118 Å². The Morgan fingerprint density at radius 2 is 1.85 bits per heavy atom. The first kappa shape index (κ1) is 14.0. The van der Waals surface area contributed by atoms with Crippen LogP contribution in [0.1, 0.15) is 38.4 Å². The minimum atomic E-state index is -0.326. The van der Waals surface area contributed by atoms with E-state index < -0.39 is 0 Å². The first-order valence-electron chi connectivity index (χ1n) is 6.40. The normalized spacial score (nSPS) is 11.0. The second kappa shape index (κ2) is 5.69. The van der Waals surface area contributed by atoms with E-state index in [9.17, 15) is 4.79 Å². The van der Waals surface area contributed by atoms with Gasteiger partial charge in [-0.1, -0.05) is 17.7 Å². The summed E-state index contributed by atoms with van der Waals surface area (Å²) in [4.78, 5) is 11.8. The Morgan fingerprint density at radius 1 is 1.20 bits per heavy atom. The van der Waals surface area contributed by atoms with Crippen LogP contribution in [0.3, 0.4) is 0 Å². The van der Waals surface area contributed by atoms with Crippen LogP contribution in [0.4, 0.5) is 0 Å². The van der Waals surface area contributed by atoms with Crippen LogP contribution in [-0.2, 0) is 0 Å². The molecule has 0 saturated heterocycles. The number of aromatic nitrogens is 2.